The van der Waals surface area contributed by atoms with Crippen LogP contribution in [-0.2, 0) is 12.8 Å². The minimum absolute atomic E-state index is 0.568. The molecule has 0 saturated carbocycles. The van der Waals surface area contributed by atoms with Gasteiger partial charge in [-0.2, -0.15) is 0 Å². The quantitative estimate of drug-likeness (QED) is 0.787. The van der Waals surface area contributed by atoms with Crippen LogP contribution in [0.1, 0.15) is 40.6 Å². The van der Waals surface area contributed by atoms with E-state index in [9.17, 15) is 0 Å². The SMILES string of the molecule is CCNCC(Cc1ccc(CC)s1)c1cccc(C)c1. The van der Waals surface area contributed by atoms with Crippen molar-refractivity contribution in [2.45, 2.75) is 39.5 Å². The molecule has 20 heavy (non-hydrogen) atoms. The van der Waals surface area contributed by atoms with Gasteiger partial charge in [-0.1, -0.05) is 43.7 Å². The lowest BCUT2D eigenvalue weighted by Crippen LogP contribution is -2.22. The molecule has 0 aliphatic heterocycles. The van der Waals surface area contributed by atoms with E-state index in [-0.39, 0.29) is 0 Å². The first-order valence-corrected chi connectivity index (χ1v) is 8.39. The molecule has 1 N–H and O–H groups in total. The number of benzene rings is 1. The van der Waals surface area contributed by atoms with Gasteiger partial charge in [0.2, 0.25) is 0 Å². The highest BCUT2D eigenvalue weighted by molar-refractivity contribution is 7.11. The Balaban J connectivity index is 2.14. The molecule has 2 aromatic rings. The summed E-state index contributed by atoms with van der Waals surface area (Å²) in [5.74, 6) is 0.568. The van der Waals surface area contributed by atoms with Crippen LogP contribution in [0.2, 0.25) is 0 Å². The van der Waals surface area contributed by atoms with Gasteiger partial charge < -0.3 is 5.32 Å². The Morgan fingerprint density at radius 1 is 1.10 bits per heavy atom. The molecule has 1 unspecified atom stereocenters. The highest BCUT2D eigenvalue weighted by Crippen LogP contribution is 2.26. The lowest BCUT2D eigenvalue weighted by atomic mass is 9.93. The molecule has 0 aliphatic carbocycles. The molecule has 2 heteroatoms. The van der Waals surface area contributed by atoms with Gasteiger partial charge in [-0.05, 0) is 44.0 Å². The summed E-state index contributed by atoms with van der Waals surface area (Å²) in [6.07, 6.45) is 2.29. The van der Waals surface area contributed by atoms with E-state index in [0.29, 0.717) is 5.92 Å². The molecule has 1 atom stereocenters. The van der Waals surface area contributed by atoms with Crippen LogP contribution in [-0.4, -0.2) is 13.1 Å². The molecule has 108 valence electrons. The molecule has 2 rings (SSSR count). The van der Waals surface area contributed by atoms with Crippen molar-refractivity contribution in [3.63, 3.8) is 0 Å². The molecule has 1 nitrogen and oxygen atoms in total. The number of aryl methyl sites for hydroxylation is 2. The molecule has 0 radical (unpaired) electrons. The van der Waals surface area contributed by atoms with Crippen molar-refractivity contribution in [2.75, 3.05) is 13.1 Å². The molecule has 0 aliphatic rings. The Hall–Kier alpha value is -1.12. The van der Waals surface area contributed by atoms with Gasteiger partial charge in [0.15, 0.2) is 0 Å². The average molecular weight is 287 g/mol. The van der Waals surface area contributed by atoms with Crippen LogP contribution in [0.25, 0.3) is 0 Å². The third-order valence-corrected chi connectivity index (χ3v) is 4.92. The summed E-state index contributed by atoms with van der Waals surface area (Å²) in [7, 11) is 0. The summed E-state index contributed by atoms with van der Waals surface area (Å²) < 4.78 is 0. The molecule has 1 aromatic heterocycles. The van der Waals surface area contributed by atoms with Crippen LogP contribution in [0.4, 0.5) is 0 Å². The van der Waals surface area contributed by atoms with Crippen LogP contribution in [0.15, 0.2) is 36.4 Å². The zero-order valence-corrected chi connectivity index (χ0v) is 13.6. The number of rotatable bonds is 7. The van der Waals surface area contributed by atoms with E-state index in [1.807, 2.05) is 11.3 Å². The molecule has 1 heterocycles. The summed E-state index contributed by atoms with van der Waals surface area (Å²) in [6, 6.07) is 13.5. The first-order chi connectivity index (χ1) is 9.72. The smallest absolute Gasteiger partial charge is 0.00547 e. The monoisotopic (exact) mass is 287 g/mol. The van der Waals surface area contributed by atoms with Gasteiger partial charge in [0.25, 0.3) is 0 Å². The maximum atomic E-state index is 3.51. The molecule has 0 fully saturated rings. The predicted molar refractivity (Wildman–Crippen MR) is 89.9 cm³/mol. The molecule has 1 aromatic carbocycles. The summed E-state index contributed by atoms with van der Waals surface area (Å²) in [4.78, 5) is 3.00. The summed E-state index contributed by atoms with van der Waals surface area (Å²) in [5.41, 5.74) is 2.81. The van der Waals surface area contributed by atoms with E-state index < -0.39 is 0 Å². The minimum Gasteiger partial charge on any atom is -0.316 e. The third kappa shape index (κ3) is 4.19. The number of hydrogen-bond donors (Lipinski definition) is 1. The first-order valence-electron chi connectivity index (χ1n) is 7.57. The Kier molecular flexibility index (Phi) is 5.81. The van der Waals surface area contributed by atoms with Crippen molar-refractivity contribution in [2.24, 2.45) is 0 Å². The van der Waals surface area contributed by atoms with Crippen LogP contribution >= 0.6 is 11.3 Å². The van der Waals surface area contributed by atoms with Gasteiger partial charge in [0.05, 0.1) is 0 Å². The maximum Gasteiger partial charge on any atom is 0.00547 e. The number of thiophene rings is 1. The fraction of sp³-hybridized carbons (Fsp3) is 0.444. The second-order valence-corrected chi connectivity index (χ2v) is 6.60. The van der Waals surface area contributed by atoms with Gasteiger partial charge in [-0.15, -0.1) is 11.3 Å². The van der Waals surface area contributed by atoms with Crippen molar-refractivity contribution in [1.82, 2.24) is 5.32 Å². The second kappa shape index (κ2) is 7.61. The van der Waals surface area contributed by atoms with Crippen LogP contribution in [0.5, 0.6) is 0 Å². The second-order valence-electron chi connectivity index (χ2n) is 5.34. The van der Waals surface area contributed by atoms with E-state index >= 15 is 0 Å². The standard InChI is InChI=1S/C18H25NS/c1-4-17-9-10-18(20-17)12-16(13-19-5-2)15-8-6-7-14(3)11-15/h6-11,16,19H,4-5,12-13H2,1-3H3. The molecule has 0 bridgehead atoms. The van der Waals surface area contributed by atoms with Gasteiger partial charge in [-0.3, -0.25) is 0 Å². The van der Waals surface area contributed by atoms with E-state index in [4.69, 9.17) is 0 Å². The Morgan fingerprint density at radius 3 is 2.55 bits per heavy atom. The summed E-state index contributed by atoms with van der Waals surface area (Å²) >= 11 is 1.97. The number of nitrogens with one attached hydrogen (secondary N) is 1. The van der Waals surface area contributed by atoms with Crippen LogP contribution in [0, 0.1) is 6.92 Å². The van der Waals surface area contributed by atoms with Crippen molar-refractivity contribution in [3.05, 3.63) is 57.3 Å². The predicted octanol–water partition coefficient (Wildman–Crippen LogP) is 4.55. The van der Waals surface area contributed by atoms with Crippen molar-refractivity contribution in [3.8, 4) is 0 Å². The normalized spacial score (nSPS) is 12.6. The third-order valence-electron chi connectivity index (χ3n) is 3.67. The van der Waals surface area contributed by atoms with Crippen LogP contribution in [0.3, 0.4) is 0 Å². The molecule has 0 spiro atoms. The number of likely N-dealkylation sites (N-methyl/N-ethyl adjacent to an activating group) is 1. The van der Waals surface area contributed by atoms with Gasteiger partial charge >= 0.3 is 0 Å². The van der Waals surface area contributed by atoms with E-state index in [1.54, 1.807) is 0 Å². The van der Waals surface area contributed by atoms with Crippen LogP contribution < -0.4 is 5.32 Å². The first kappa shape index (κ1) is 15.3. The fourth-order valence-corrected chi connectivity index (χ4v) is 3.55. The highest BCUT2D eigenvalue weighted by Gasteiger charge is 2.13. The summed E-state index contributed by atoms with van der Waals surface area (Å²) in [6.45, 7) is 8.67. The average Bonchev–Trinajstić information content (AvgIpc) is 2.91. The number of hydrogen-bond acceptors (Lipinski definition) is 2. The fourth-order valence-electron chi connectivity index (χ4n) is 2.52. The maximum absolute atomic E-state index is 3.51. The lowest BCUT2D eigenvalue weighted by Gasteiger charge is -2.17. The minimum atomic E-state index is 0.568. The zero-order chi connectivity index (χ0) is 14.4. The molecule has 0 saturated heterocycles. The highest BCUT2D eigenvalue weighted by atomic mass is 32.1. The molecular formula is C18H25NS. The zero-order valence-electron chi connectivity index (χ0n) is 12.8. The van der Waals surface area contributed by atoms with Gasteiger partial charge in [0, 0.05) is 22.2 Å². The topological polar surface area (TPSA) is 12.0 Å². The Labute approximate surface area is 127 Å². The van der Waals surface area contributed by atoms with E-state index in [0.717, 1.165) is 25.9 Å². The molecule has 0 amide bonds. The largest absolute Gasteiger partial charge is 0.316 e. The van der Waals surface area contributed by atoms with Crippen molar-refractivity contribution in [1.29, 1.82) is 0 Å². The van der Waals surface area contributed by atoms with Gasteiger partial charge in [0.1, 0.15) is 0 Å². The summed E-state index contributed by atoms with van der Waals surface area (Å²) in [5, 5.41) is 3.51. The van der Waals surface area contributed by atoms with E-state index in [2.05, 4.69) is 62.5 Å². The Bertz CT molecular complexity index is 530. The lowest BCUT2D eigenvalue weighted by molar-refractivity contribution is 0.598. The van der Waals surface area contributed by atoms with Crippen molar-refractivity contribution < 1.29 is 0 Å². The van der Waals surface area contributed by atoms with E-state index in [1.165, 1.54) is 20.9 Å². The molecular weight excluding hydrogens is 262 g/mol. The van der Waals surface area contributed by atoms with Gasteiger partial charge in [-0.25, -0.2) is 0 Å². The Morgan fingerprint density at radius 2 is 1.90 bits per heavy atom. The van der Waals surface area contributed by atoms with Crippen molar-refractivity contribution >= 4 is 11.3 Å².